The van der Waals surface area contributed by atoms with Crippen LogP contribution in [0.2, 0.25) is 0 Å². The summed E-state index contributed by atoms with van der Waals surface area (Å²) in [6.07, 6.45) is 5.91. The van der Waals surface area contributed by atoms with E-state index in [0.717, 1.165) is 50.5 Å². The third kappa shape index (κ3) is 6.14. The summed E-state index contributed by atoms with van der Waals surface area (Å²) in [6.45, 7) is 8.42. The number of nitrogens with two attached hydrogens (primary N) is 1. The molecule has 11 nitrogen and oxygen atoms in total. The van der Waals surface area contributed by atoms with E-state index in [1.807, 2.05) is 39.8 Å². The zero-order valence-corrected chi connectivity index (χ0v) is 30.0. The Morgan fingerprint density at radius 2 is 1.56 bits per heavy atom. The summed E-state index contributed by atoms with van der Waals surface area (Å²) in [5, 5.41) is 21.6. The van der Waals surface area contributed by atoms with Crippen molar-refractivity contribution >= 4 is 17.8 Å². The number of ether oxygens (including phenoxy) is 2. The third-order valence-corrected chi connectivity index (χ3v) is 11.9. The number of methoxy groups -OCH3 is 2. The molecule has 1 aromatic heterocycles. The SMILES string of the molecule is CCC(N)(CC)CNC(=O)c1ccc(-n2nc(C(=O)NC3(C(=O)O)C4CC5CC(C4)CC3C5)cc2-c2c(OC)cccc2OC)cc1C(C)C. The fraction of sp³-hybridized carbons (Fsp3) is 0.538. The first-order valence-corrected chi connectivity index (χ1v) is 18.0. The zero-order valence-electron chi connectivity index (χ0n) is 30.0. The van der Waals surface area contributed by atoms with Crippen LogP contribution in [0.1, 0.15) is 105 Å². The number of amides is 2. The number of benzene rings is 2. The molecule has 11 heteroatoms. The van der Waals surface area contributed by atoms with Gasteiger partial charge in [0.25, 0.3) is 11.8 Å². The van der Waals surface area contributed by atoms with Crippen LogP contribution >= 0.6 is 0 Å². The second-order valence-corrected chi connectivity index (χ2v) is 15.0. The molecule has 3 aromatic rings. The Kier molecular flexibility index (Phi) is 9.74. The number of hydrogen-bond donors (Lipinski definition) is 4. The third-order valence-electron chi connectivity index (χ3n) is 11.9. The number of carboxylic acid groups (broad SMARTS) is 1. The van der Waals surface area contributed by atoms with Gasteiger partial charge in [-0.05, 0) is 116 Å². The minimum Gasteiger partial charge on any atom is -0.496 e. The van der Waals surface area contributed by atoms with E-state index >= 15 is 0 Å². The van der Waals surface area contributed by atoms with Crippen molar-refractivity contribution in [3.05, 3.63) is 59.3 Å². The maximum absolute atomic E-state index is 14.2. The first kappa shape index (κ1) is 35.4. The maximum Gasteiger partial charge on any atom is 0.330 e. The monoisotopic (exact) mass is 685 g/mol. The molecule has 4 aliphatic carbocycles. The number of nitrogens with zero attached hydrogens (tertiary/aromatic N) is 2. The van der Waals surface area contributed by atoms with Gasteiger partial charge in [0.1, 0.15) is 17.0 Å². The molecule has 0 aliphatic heterocycles. The van der Waals surface area contributed by atoms with E-state index in [9.17, 15) is 19.5 Å². The van der Waals surface area contributed by atoms with E-state index in [0.29, 0.717) is 52.4 Å². The fourth-order valence-electron chi connectivity index (χ4n) is 8.97. The van der Waals surface area contributed by atoms with E-state index in [4.69, 9.17) is 20.3 Å². The molecular weight excluding hydrogens is 634 g/mol. The molecule has 4 bridgehead atoms. The van der Waals surface area contributed by atoms with Gasteiger partial charge < -0.3 is 30.9 Å². The van der Waals surface area contributed by atoms with Gasteiger partial charge in [-0.3, -0.25) is 9.59 Å². The lowest BCUT2D eigenvalue weighted by molar-refractivity contribution is -0.163. The van der Waals surface area contributed by atoms with Gasteiger partial charge in [-0.2, -0.15) is 5.10 Å². The number of aromatic nitrogens is 2. The average molecular weight is 686 g/mol. The topological polar surface area (TPSA) is 158 Å². The van der Waals surface area contributed by atoms with Crippen LogP contribution in [0.5, 0.6) is 11.5 Å². The number of nitrogens with one attached hydrogen (secondary N) is 2. The molecular formula is C39H51N5O6. The number of hydrogen-bond acceptors (Lipinski definition) is 7. The summed E-state index contributed by atoms with van der Waals surface area (Å²) >= 11 is 0. The van der Waals surface area contributed by atoms with E-state index < -0.39 is 23.0 Å². The molecule has 0 unspecified atom stereocenters. The Labute approximate surface area is 294 Å². The van der Waals surface area contributed by atoms with Crippen LogP contribution in [0.25, 0.3) is 16.9 Å². The Morgan fingerprint density at radius 1 is 0.960 bits per heavy atom. The normalized spacial score (nSPS) is 23.9. The van der Waals surface area contributed by atoms with Crippen LogP contribution in [0.15, 0.2) is 42.5 Å². The van der Waals surface area contributed by atoms with Crippen molar-refractivity contribution in [2.45, 2.75) is 89.6 Å². The minimum absolute atomic E-state index is 0.0226. The lowest BCUT2D eigenvalue weighted by atomic mass is 9.48. The van der Waals surface area contributed by atoms with Crippen molar-refractivity contribution in [1.29, 1.82) is 0 Å². The summed E-state index contributed by atoms with van der Waals surface area (Å²) in [6, 6.07) is 12.6. The summed E-state index contributed by atoms with van der Waals surface area (Å²) in [4.78, 5) is 40.8. The molecule has 5 N–H and O–H groups in total. The first-order chi connectivity index (χ1) is 23.9. The summed E-state index contributed by atoms with van der Waals surface area (Å²) in [7, 11) is 3.12. The van der Waals surface area contributed by atoms with Crippen molar-refractivity contribution in [2.24, 2.45) is 29.4 Å². The van der Waals surface area contributed by atoms with Crippen LogP contribution < -0.4 is 25.8 Å². The summed E-state index contributed by atoms with van der Waals surface area (Å²) in [5.74, 6) is 0.130. The molecule has 268 valence electrons. The van der Waals surface area contributed by atoms with E-state index in [1.165, 1.54) is 0 Å². The Bertz CT molecular complexity index is 1730. The molecule has 4 aliphatic rings. The van der Waals surface area contributed by atoms with Crippen molar-refractivity contribution in [2.75, 3.05) is 20.8 Å². The lowest BCUT2D eigenvalue weighted by Gasteiger charge is -2.59. The maximum atomic E-state index is 14.2. The van der Waals surface area contributed by atoms with Crippen molar-refractivity contribution in [1.82, 2.24) is 20.4 Å². The molecule has 7 rings (SSSR count). The molecule has 2 amide bonds. The zero-order chi connectivity index (χ0) is 36.0. The van der Waals surface area contributed by atoms with Gasteiger partial charge in [0, 0.05) is 17.6 Å². The lowest BCUT2D eigenvalue weighted by Crippen LogP contribution is -2.70. The van der Waals surface area contributed by atoms with Gasteiger partial charge >= 0.3 is 5.97 Å². The fourth-order valence-corrected chi connectivity index (χ4v) is 8.97. The highest BCUT2D eigenvalue weighted by Gasteiger charge is 2.62. The number of carboxylic acids is 1. The molecule has 0 spiro atoms. The largest absolute Gasteiger partial charge is 0.496 e. The highest BCUT2D eigenvalue weighted by molar-refractivity contribution is 5.98. The van der Waals surface area contributed by atoms with Gasteiger partial charge in [0.2, 0.25) is 0 Å². The second-order valence-electron chi connectivity index (χ2n) is 15.0. The number of carbonyl (C=O) groups is 3. The molecule has 0 saturated heterocycles. The van der Waals surface area contributed by atoms with Gasteiger partial charge in [0.15, 0.2) is 5.69 Å². The van der Waals surface area contributed by atoms with E-state index in [2.05, 4.69) is 10.6 Å². The predicted octanol–water partition coefficient (Wildman–Crippen LogP) is 5.94. The van der Waals surface area contributed by atoms with Crippen LogP contribution in [-0.2, 0) is 4.79 Å². The van der Waals surface area contributed by atoms with Gasteiger partial charge in [-0.15, -0.1) is 0 Å². The number of carbonyl (C=O) groups excluding carboxylic acids is 2. The van der Waals surface area contributed by atoms with Crippen molar-refractivity contribution in [3.63, 3.8) is 0 Å². The standard InChI is InChI=1S/C39H51N5O6/c1-7-38(40,8-2)21-41-35(45)28-13-12-27(19-29(28)22(3)4)44-31(34-32(49-5)10-9-11-33(34)50-6)20-30(43-44)36(46)42-39(37(47)48)25-15-23-14-24(17-25)18-26(39)16-23/h9-13,19-20,22-26H,7-8,14-18,21,40H2,1-6H3,(H,41,45)(H,42,46)(H,47,48). The molecule has 4 saturated carbocycles. The highest BCUT2D eigenvalue weighted by atomic mass is 16.5. The van der Waals surface area contributed by atoms with Crippen LogP contribution in [-0.4, -0.2) is 64.5 Å². The average Bonchev–Trinajstić information content (AvgIpc) is 3.56. The second kappa shape index (κ2) is 13.7. The van der Waals surface area contributed by atoms with Gasteiger partial charge in [-0.1, -0.05) is 33.8 Å². The van der Waals surface area contributed by atoms with Crippen LogP contribution in [0.4, 0.5) is 0 Å². The van der Waals surface area contributed by atoms with Crippen LogP contribution in [0.3, 0.4) is 0 Å². The smallest absolute Gasteiger partial charge is 0.330 e. The van der Waals surface area contributed by atoms with Crippen LogP contribution in [0, 0.1) is 23.7 Å². The van der Waals surface area contributed by atoms with Crippen molar-refractivity contribution in [3.8, 4) is 28.4 Å². The Morgan fingerprint density at radius 3 is 2.08 bits per heavy atom. The first-order valence-electron chi connectivity index (χ1n) is 18.0. The van der Waals surface area contributed by atoms with Gasteiger partial charge in [0.05, 0.1) is 31.2 Å². The summed E-state index contributed by atoms with van der Waals surface area (Å²) < 4.78 is 13.2. The van der Waals surface area contributed by atoms with E-state index in [1.54, 1.807) is 49.2 Å². The molecule has 2 aromatic carbocycles. The molecule has 0 atom stereocenters. The molecule has 1 heterocycles. The Balaban J connectivity index is 1.43. The highest BCUT2D eigenvalue weighted by Crippen LogP contribution is 2.58. The Hall–Kier alpha value is -4.38. The van der Waals surface area contributed by atoms with E-state index in [-0.39, 0.29) is 29.4 Å². The number of aliphatic carboxylic acids is 1. The van der Waals surface area contributed by atoms with Crippen molar-refractivity contribution < 1.29 is 29.0 Å². The molecule has 50 heavy (non-hydrogen) atoms. The number of rotatable bonds is 13. The van der Waals surface area contributed by atoms with Gasteiger partial charge in [-0.25, -0.2) is 9.48 Å². The predicted molar refractivity (Wildman–Crippen MR) is 191 cm³/mol. The molecule has 4 fully saturated rings. The minimum atomic E-state index is -1.33. The quantitative estimate of drug-likeness (QED) is 0.172. The summed E-state index contributed by atoms with van der Waals surface area (Å²) in [5.41, 5.74) is 7.78. The molecule has 0 radical (unpaired) electrons.